The lowest BCUT2D eigenvalue weighted by Gasteiger charge is -2.56. The Morgan fingerprint density at radius 3 is 2.27 bits per heavy atom. The first-order chi connectivity index (χ1) is 12.4. The van der Waals surface area contributed by atoms with Crippen molar-refractivity contribution in [3.63, 3.8) is 0 Å². The predicted molar refractivity (Wildman–Crippen MR) is 96.2 cm³/mol. The van der Waals surface area contributed by atoms with E-state index in [0.29, 0.717) is 24.2 Å². The van der Waals surface area contributed by atoms with E-state index in [4.69, 9.17) is 0 Å². The Morgan fingerprint density at radius 2 is 1.69 bits per heavy atom. The Balaban J connectivity index is 1.36. The number of nitrogens with one attached hydrogen (secondary N) is 1. The van der Waals surface area contributed by atoms with Crippen LogP contribution in [0.15, 0.2) is 0 Å². The number of nitrogens with zero attached hydrogens (tertiary/aromatic N) is 1. The lowest BCUT2D eigenvalue weighted by molar-refractivity contribution is -0.148. The average Bonchev–Trinajstić information content (AvgIpc) is 2.81. The van der Waals surface area contributed by atoms with Crippen LogP contribution in [0.25, 0.3) is 0 Å². The molecule has 4 bridgehead atoms. The van der Waals surface area contributed by atoms with Crippen LogP contribution < -0.4 is 5.32 Å². The Morgan fingerprint density at radius 1 is 1.08 bits per heavy atom. The maximum atomic E-state index is 13.3. The van der Waals surface area contributed by atoms with Crippen LogP contribution in [0, 0.1) is 29.1 Å². The zero-order valence-electron chi connectivity index (χ0n) is 15.8. The van der Waals surface area contributed by atoms with Gasteiger partial charge in [-0.15, -0.1) is 0 Å². The van der Waals surface area contributed by atoms with Crippen LogP contribution >= 0.6 is 0 Å². The highest BCUT2D eigenvalue weighted by molar-refractivity contribution is 6.09. The first-order valence-electron chi connectivity index (χ1n) is 10.6. The maximum absolute atomic E-state index is 13.3. The van der Waals surface area contributed by atoms with Crippen LogP contribution in [0.3, 0.4) is 0 Å². The fraction of sp³-hybridized carbons (Fsp3) is 0.857. The maximum Gasteiger partial charge on any atom is 0.325 e. The summed E-state index contributed by atoms with van der Waals surface area (Å²) in [4.78, 5) is 40.3. The average molecular weight is 358 g/mol. The molecule has 0 radical (unpaired) electrons. The largest absolute Gasteiger partial charge is 0.325 e. The summed E-state index contributed by atoms with van der Waals surface area (Å²) >= 11 is 0. The van der Waals surface area contributed by atoms with Crippen LogP contribution in [-0.4, -0.2) is 34.7 Å². The number of urea groups is 1. The summed E-state index contributed by atoms with van der Waals surface area (Å²) in [5, 5.41) is 2.98. The lowest BCUT2D eigenvalue weighted by Crippen LogP contribution is -2.55. The number of imide groups is 1. The summed E-state index contributed by atoms with van der Waals surface area (Å²) in [7, 11) is 0. The molecular weight excluding hydrogens is 328 g/mol. The zero-order chi connectivity index (χ0) is 18.1. The second-order valence-corrected chi connectivity index (χ2v) is 10.1. The summed E-state index contributed by atoms with van der Waals surface area (Å²) in [5.74, 6) is 2.23. The summed E-state index contributed by atoms with van der Waals surface area (Å²) < 4.78 is 0. The highest BCUT2D eigenvalue weighted by Crippen LogP contribution is 2.60. The van der Waals surface area contributed by atoms with Gasteiger partial charge in [-0.25, -0.2) is 4.79 Å². The molecule has 1 heterocycles. The quantitative estimate of drug-likeness (QED) is 0.788. The number of hydrogen-bond acceptors (Lipinski definition) is 3. The molecular formula is C21H30N2O3. The van der Waals surface area contributed by atoms with Crippen molar-refractivity contribution in [3.05, 3.63) is 0 Å². The molecule has 5 heteroatoms. The number of ketones is 1. The predicted octanol–water partition coefficient (Wildman–Crippen LogP) is 3.27. The van der Waals surface area contributed by atoms with Crippen molar-refractivity contribution in [1.29, 1.82) is 0 Å². The molecule has 0 aromatic heterocycles. The second kappa shape index (κ2) is 5.56. The number of rotatable bonds is 3. The number of carbonyl (C=O) groups is 3. The van der Waals surface area contributed by atoms with E-state index in [1.165, 1.54) is 24.2 Å². The topological polar surface area (TPSA) is 66.5 Å². The minimum atomic E-state index is -0.753. The van der Waals surface area contributed by atoms with Crippen molar-refractivity contribution in [1.82, 2.24) is 10.2 Å². The summed E-state index contributed by atoms with van der Waals surface area (Å²) in [6, 6.07) is -0.346. The van der Waals surface area contributed by atoms with E-state index >= 15 is 0 Å². The van der Waals surface area contributed by atoms with Crippen molar-refractivity contribution >= 4 is 17.7 Å². The van der Waals surface area contributed by atoms with Crippen LogP contribution in [0.1, 0.15) is 71.1 Å². The van der Waals surface area contributed by atoms with Crippen molar-refractivity contribution in [3.8, 4) is 0 Å². The van der Waals surface area contributed by atoms with Gasteiger partial charge in [-0.2, -0.15) is 0 Å². The Kier molecular flexibility index (Phi) is 3.58. The molecule has 6 aliphatic rings. The molecule has 6 rings (SSSR count). The third kappa shape index (κ3) is 2.24. The SMILES string of the molecule is C[C@H]1CCCC[C@]12NC(=O)N(CC(=O)C13CC4CC(CC(C4)C1)C3)C2=O. The Labute approximate surface area is 155 Å². The molecule has 2 atom stereocenters. The normalized spacial score (nSPS) is 46.9. The summed E-state index contributed by atoms with van der Waals surface area (Å²) in [6.07, 6.45) is 10.6. The molecule has 1 N–H and O–H groups in total. The Hall–Kier alpha value is -1.39. The lowest BCUT2D eigenvalue weighted by atomic mass is 9.48. The third-order valence-electron chi connectivity index (χ3n) is 8.43. The molecule has 1 spiro atoms. The smallest absolute Gasteiger partial charge is 0.323 e. The minimum absolute atomic E-state index is 0.00863. The van der Waals surface area contributed by atoms with Gasteiger partial charge in [0.05, 0.1) is 6.54 Å². The number of carbonyl (C=O) groups excluding carboxylic acids is 3. The van der Waals surface area contributed by atoms with E-state index < -0.39 is 5.54 Å². The van der Waals surface area contributed by atoms with E-state index in [1.54, 1.807) is 0 Å². The zero-order valence-corrected chi connectivity index (χ0v) is 15.8. The first kappa shape index (κ1) is 16.8. The van der Waals surface area contributed by atoms with Crippen molar-refractivity contribution in [2.24, 2.45) is 29.1 Å². The molecule has 26 heavy (non-hydrogen) atoms. The van der Waals surface area contributed by atoms with Gasteiger partial charge in [-0.1, -0.05) is 19.8 Å². The van der Waals surface area contributed by atoms with E-state index in [2.05, 4.69) is 12.2 Å². The van der Waals surface area contributed by atoms with Crippen molar-refractivity contribution in [2.75, 3.05) is 6.54 Å². The van der Waals surface area contributed by atoms with E-state index in [1.807, 2.05) is 0 Å². The molecule has 1 saturated heterocycles. The number of Topliss-reactive ketones (excluding diaryl/α,β-unsaturated/α-hetero) is 1. The van der Waals surface area contributed by atoms with Gasteiger partial charge < -0.3 is 5.32 Å². The number of amides is 3. The monoisotopic (exact) mass is 358 g/mol. The van der Waals surface area contributed by atoms with Crippen molar-refractivity contribution in [2.45, 2.75) is 76.7 Å². The molecule has 5 nitrogen and oxygen atoms in total. The Bertz CT molecular complexity index is 637. The van der Waals surface area contributed by atoms with Crippen LogP contribution in [0.2, 0.25) is 0 Å². The highest BCUT2D eigenvalue weighted by atomic mass is 16.2. The molecule has 3 amide bonds. The molecule has 0 aromatic carbocycles. The van der Waals surface area contributed by atoms with Gasteiger partial charge in [-0.3, -0.25) is 14.5 Å². The molecule has 0 unspecified atom stereocenters. The standard InChI is InChI=1S/C21H30N2O3/c1-13-4-2-3-5-21(13)18(25)23(19(26)22-21)12-17(24)20-9-14-6-15(10-20)8-16(7-14)11-20/h13-16H,2-12H2,1H3,(H,22,26)/t13-,14?,15?,16?,20?,21-/m0/s1. The molecule has 5 saturated carbocycles. The second-order valence-electron chi connectivity index (χ2n) is 10.1. The van der Waals surface area contributed by atoms with Gasteiger partial charge in [0.15, 0.2) is 5.78 Å². The van der Waals surface area contributed by atoms with Gasteiger partial charge in [-0.05, 0) is 75.0 Å². The van der Waals surface area contributed by atoms with Gasteiger partial charge in [0.1, 0.15) is 5.54 Å². The fourth-order valence-electron chi connectivity index (χ4n) is 7.40. The fourth-order valence-corrected chi connectivity index (χ4v) is 7.40. The number of hydrogen-bond donors (Lipinski definition) is 1. The molecule has 142 valence electrons. The minimum Gasteiger partial charge on any atom is -0.323 e. The van der Waals surface area contributed by atoms with Crippen LogP contribution in [0.4, 0.5) is 4.79 Å². The van der Waals surface area contributed by atoms with Crippen LogP contribution in [0.5, 0.6) is 0 Å². The highest BCUT2D eigenvalue weighted by Gasteiger charge is 2.58. The van der Waals surface area contributed by atoms with Crippen molar-refractivity contribution < 1.29 is 14.4 Å². The van der Waals surface area contributed by atoms with Crippen LogP contribution in [-0.2, 0) is 9.59 Å². The van der Waals surface area contributed by atoms with E-state index in [9.17, 15) is 14.4 Å². The summed E-state index contributed by atoms with van der Waals surface area (Å²) in [5.41, 5.74) is -1.000. The van der Waals surface area contributed by atoms with Gasteiger partial charge >= 0.3 is 6.03 Å². The van der Waals surface area contributed by atoms with Gasteiger partial charge in [0.25, 0.3) is 5.91 Å². The molecule has 1 aliphatic heterocycles. The molecule has 0 aromatic rings. The van der Waals surface area contributed by atoms with Gasteiger partial charge in [0, 0.05) is 5.41 Å². The van der Waals surface area contributed by atoms with Gasteiger partial charge in [0.2, 0.25) is 0 Å². The van der Waals surface area contributed by atoms with E-state index in [-0.39, 0.29) is 35.6 Å². The van der Waals surface area contributed by atoms with E-state index in [0.717, 1.165) is 38.5 Å². The molecule has 6 fully saturated rings. The third-order valence-corrected chi connectivity index (χ3v) is 8.43. The first-order valence-corrected chi connectivity index (χ1v) is 10.6. The molecule has 5 aliphatic carbocycles. The summed E-state index contributed by atoms with van der Waals surface area (Å²) in [6.45, 7) is 2.05.